The molecule has 0 unspecified atom stereocenters. The molecule has 1 aliphatic rings. The van der Waals surface area contributed by atoms with Crippen LogP contribution in [-0.2, 0) is 4.79 Å². The molecule has 80 valence electrons. The highest BCUT2D eigenvalue weighted by Gasteiger charge is 2.27. The van der Waals surface area contributed by atoms with Gasteiger partial charge in [-0.15, -0.1) is 0 Å². The molecule has 0 radical (unpaired) electrons. The summed E-state index contributed by atoms with van der Waals surface area (Å²) in [6, 6.07) is 3.34. The Labute approximate surface area is 89.0 Å². The topological polar surface area (TPSA) is 97.5 Å². The van der Waals surface area contributed by atoms with Crippen LogP contribution in [0.15, 0.2) is 24.3 Å². The van der Waals surface area contributed by atoms with E-state index in [0.717, 1.165) is 24.3 Å². The normalized spacial score (nSPS) is 14.4. The van der Waals surface area contributed by atoms with E-state index in [1.54, 1.807) is 0 Å². The number of nitro groups is 1. The van der Waals surface area contributed by atoms with E-state index in [-0.39, 0.29) is 16.8 Å². The van der Waals surface area contributed by atoms with Gasteiger partial charge in [0.25, 0.3) is 5.69 Å². The number of ketones is 2. The number of benzene rings is 1. The first kappa shape index (κ1) is 10.0. The van der Waals surface area contributed by atoms with Crippen LogP contribution in [-0.4, -0.2) is 21.6 Å². The summed E-state index contributed by atoms with van der Waals surface area (Å²) in [7, 11) is 0. The van der Waals surface area contributed by atoms with Gasteiger partial charge in [-0.2, -0.15) is 0 Å². The Bertz CT molecular complexity index is 558. The lowest BCUT2D eigenvalue weighted by molar-refractivity contribution is -0.384. The van der Waals surface area contributed by atoms with Crippen LogP contribution in [0.3, 0.4) is 0 Å². The number of hydrogen-bond acceptors (Lipinski definition) is 5. The van der Waals surface area contributed by atoms with Crippen molar-refractivity contribution in [2.45, 2.75) is 0 Å². The molecular weight excluding hydrogens is 214 g/mol. The van der Waals surface area contributed by atoms with Crippen molar-refractivity contribution in [3.8, 4) is 0 Å². The molecule has 2 rings (SSSR count). The lowest BCUT2D eigenvalue weighted by Crippen LogP contribution is -2.18. The zero-order valence-corrected chi connectivity index (χ0v) is 7.84. The van der Waals surface area contributed by atoms with Crippen molar-refractivity contribution in [3.05, 3.63) is 45.5 Å². The van der Waals surface area contributed by atoms with Crippen LogP contribution >= 0.6 is 0 Å². The highest BCUT2D eigenvalue weighted by atomic mass is 16.6. The average Bonchev–Trinajstić information content (AvgIpc) is 2.25. The molecule has 0 bridgehead atoms. The van der Waals surface area contributed by atoms with Crippen LogP contribution < -0.4 is 0 Å². The molecule has 0 heterocycles. The van der Waals surface area contributed by atoms with Gasteiger partial charge in [0.15, 0.2) is 0 Å². The molecule has 0 amide bonds. The Morgan fingerprint density at radius 3 is 2.50 bits per heavy atom. The van der Waals surface area contributed by atoms with E-state index >= 15 is 0 Å². The number of nitrogens with zero attached hydrogens (tertiary/aromatic N) is 1. The lowest BCUT2D eigenvalue weighted by atomic mass is 9.93. The number of hydrogen-bond donors (Lipinski definition) is 1. The van der Waals surface area contributed by atoms with E-state index < -0.39 is 22.2 Å². The second-order valence-electron chi connectivity index (χ2n) is 3.21. The SMILES string of the molecule is O=C1C=C(O)c2cc([N+](=O)[O-])ccc2C1=O. The molecule has 1 N–H and O–H groups in total. The number of aliphatic hydroxyl groups excluding tert-OH is 1. The predicted octanol–water partition coefficient (Wildman–Crippen LogP) is 1.26. The van der Waals surface area contributed by atoms with Crippen LogP contribution in [0, 0.1) is 10.1 Å². The van der Waals surface area contributed by atoms with Crippen LogP contribution in [0.5, 0.6) is 0 Å². The lowest BCUT2D eigenvalue weighted by Gasteiger charge is -2.10. The molecule has 0 atom stereocenters. The van der Waals surface area contributed by atoms with Crippen LogP contribution in [0.4, 0.5) is 5.69 Å². The number of rotatable bonds is 1. The number of carbonyl (C=O) groups is 2. The van der Waals surface area contributed by atoms with E-state index in [1.807, 2.05) is 0 Å². The minimum atomic E-state index is -0.834. The summed E-state index contributed by atoms with van der Waals surface area (Å²) in [5.74, 6) is -2.04. The predicted molar refractivity (Wildman–Crippen MR) is 53.0 cm³/mol. The first-order chi connectivity index (χ1) is 7.50. The second-order valence-corrected chi connectivity index (χ2v) is 3.21. The molecule has 1 aromatic rings. The van der Waals surface area contributed by atoms with Crippen LogP contribution in [0.25, 0.3) is 5.76 Å². The second kappa shape index (κ2) is 3.27. The van der Waals surface area contributed by atoms with Crippen molar-refractivity contribution in [2.24, 2.45) is 0 Å². The smallest absolute Gasteiger partial charge is 0.270 e. The van der Waals surface area contributed by atoms with Crippen LogP contribution in [0.2, 0.25) is 0 Å². The third-order valence-electron chi connectivity index (χ3n) is 2.23. The third-order valence-corrected chi connectivity index (χ3v) is 2.23. The van der Waals surface area contributed by atoms with E-state index in [0.29, 0.717) is 0 Å². The van der Waals surface area contributed by atoms with Gasteiger partial charge in [-0.05, 0) is 6.07 Å². The summed E-state index contributed by atoms with van der Waals surface area (Å²) in [5, 5.41) is 19.9. The van der Waals surface area contributed by atoms with Gasteiger partial charge in [-0.25, -0.2) is 0 Å². The van der Waals surface area contributed by atoms with Gasteiger partial charge >= 0.3 is 0 Å². The third kappa shape index (κ3) is 1.36. The standard InChI is InChI=1S/C10H5NO5/c12-8-4-9(13)10(14)6-2-1-5(11(15)16)3-7(6)8/h1-4,12H. The van der Waals surface area contributed by atoms with Gasteiger partial charge in [-0.1, -0.05) is 0 Å². The van der Waals surface area contributed by atoms with Gasteiger partial charge in [0.2, 0.25) is 11.6 Å². The number of Topliss-reactive ketones (excluding diaryl/α,β-unsaturated/α-hetero) is 1. The molecule has 1 aliphatic carbocycles. The Kier molecular flexibility index (Phi) is 2.05. The van der Waals surface area contributed by atoms with Gasteiger partial charge in [0.1, 0.15) is 5.76 Å². The molecule has 0 fully saturated rings. The molecule has 0 saturated carbocycles. The van der Waals surface area contributed by atoms with Crippen molar-refractivity contribution >= 4 is 23.0 Å². The Morgan fingerprint density at radius 2 is 1.88 bits per heavy atom. The van der Waals surface area contributed by atoms with Crippen molar-refractivity contribution < 1.29 is 19.6 Å². The Morgan fingerprint density at radius 1 is 1.19 bits per heavy atom. The molecule has 6 nitrogen and oxygen atoms in total. The number of carbonyl (C=O) groups excluding carboxylic acids is 2. The highest BCUT2D eigenvalue weighted by Crippen LogP contribution is 2.26. The number of allylic oxidation sites excluding steroid dienone is 1. The maximum absolute atomic E-state index is 11.4. The first-order valence-electron chi connectivity index (χ1n) is 4.29. The number of fused-ring (bicyclic) bond motifs is 1. The minimum absolute atomic E-state index is 0.0128. The maximum Gasteiger partial charge on any atom is 0.270 e. The van der Waals surface area contributed by atoms with Gasteiger partial charge < -0.3 is 5.11 Å². The largest absolute Gasteiger partial charge is 0.507 e. The molecule has 0 spiro atoms. The molecule has 16 heavy (non-hydrogen) atoms. The van der Waals surface area contributed by atoms with E-state index in [4.69, 9.17) is 0 Å². The molecule has 1 aromatic carbocycles. The molecular formula is C10H5NO5. The summed E-state index contributed by atoms with van der Waals surface area (Å²) in [5.41, 5.74) is -0.254. The number of non-ortho nitro benzene ring substituents is 1. The number of aliphatic hydroxyl groups is 1. The summed E-state index contributed by atoms with van der Waals surface area (Å²) in [6.45, 7) is 0. The number of nitro benzene ring substituents is 1. The fourth-order valence-electron chi connectivity index (χ4n) is 1.46. The van der Waals surface area contributed by atoms with Crippen LogP contribution in [0.1, 0.15) is 15.9 Å². The van der Waals surface area contributed by atoms with E-state index in [2.05, 4.69) is 0 Å². The average molecular weight is 219 g/mol. The monoisotopic (exact) mass is 219 g/mol. The van der Waals surface area contributed by atoms with Gasteiger partial charge in [0, 0.05) is 29.3 Å². The Hall–Kier alpha value is -2.50. The van der Waals surface area contributed by atoms with Crippen molar-refractivity contribution in [1.82, 2.24) is 0 Å². The van der Waals surface area contributed by atoms with Gasteiger partial charge in [0.05, 0.1) is 4.92 Å². The summed E-state index contributed by atoms with van der Waals surface area (Å²) in [4.78, 5) is 32.3. The van der Waals surface area contributed by atoms with Crippen molar-refractivity contribution in [3.63, 3.8) is 0 Å². The minimum Gasteiger partial charge on any atom is -0.507 e. The molecule has 0 aromatic heterocycles. The quantitative estimate of drug-likeness (QED) is 0.435. The zero-order valence-electron chi connectivity index (χ0n) is 7.84. The zero-order chi connectivity index (χ0) is 11.9. The van der Waals surface area contributed by atoms with E-state index in [9.17, 15) is 24.8 Å². The molecule has 6 heteroatoms. The summed E-state index contributed by atoms with van der Waals surface area (Å²) in [6.07, 6.45) is 0.758. The fraction of sp³-hybridized carbons (Fsp3) is 0. The van der Waals surface area contributed by atoms with Crippen molar-refractivity contribution in [1.29, 1.82) is 0 Å². The van der Waals surface area contributed by atoms with E-state index in [1.165, 1.54) is 0 Å². The highest BCUT2D eigenvalue weighted by molar-refractivity contribution is 6.50. The summed E-state index contributed by atoms with van der Waals surface area (Å²) >= 11 is 0. The Balaban J connectivity index is 2.67. The molecule has 0 saturated heterocycles. The fourth-order valence-corrected chi connectivity index (χ4v) is 1.46. The van der Waals surface area contributed by atoms with Crippen molar-refractivity contribution in [2.75, 3.05) is 0 Å². The molecule has 0 aliphatic heterocycles. The summed E-state index contributed by atoms with van der Waals surface area (Å²) < 4.78 is 0. The maximum atomic E-state index is 11.4. The first-order valence-corrected chi connectivity index (χ1v) is 4.29. The van der Waals surface area contributed by atoms with Gasteiger partial charge in [-0.3, -0.25) is 19.7 Å².